The van der Waals surface area contributed by atoms with Crippen molar-refractivity contribution in [1.82, 2.24) is 9.97 Å². The van der Waals surface area contributed by atoms with Gasteiger partial charge in [0, 0.05) is 18.8 Å². The van der Waals surface area contributed by atoms with Gasteiger partial charge in [-0.25, -0.2) is 9.97 Å². The first-order valence-electron chi connectivity index (χ1n) is 8.97. The van der Waals surface area contributed by atoms with Gasteiger partial charge in [-0.1, -0.05) is 0 Å². The molecular formula is C18H25N3O2. The SMILES string of the molecule is Cc1cc(COC(=O)[C@H]2C[C@H]2C2CC2)nc(N2CCCCC2)n1. The molecule has 4 rings (SSSR count). The van der Waals surface area contributed by atoms with E-state index in [-0.39, 0.29) is 18.5 Å². The minimum absolute atomic E-state index is 0.0299. The van der Waals surface area contributed by atoms with Gasteiger partial charge in [0.15, 0.2) is 0 Å². The number of nitrogens with zero attached hydrogens (tertiary/aromatic N) is 3. The minimum atomic E-state index is -0.0299. The highest BCUT2D eigenvalue weighted by Gasteiger charge is 2.52. The second kappa shape index (κ2) is 6.10. The fraction of sp³-hybridized carbons (Fsp3) is 0.722. The average molecular weight is 315 g/mol. The minimum Gasteiger partial charge on any atom is -0.459 e. The normalized spacial score (nSPS) is 26.9. The van der Waals surface area contributed by atoms with E-state index in [2.05, 4.69) is 14.9 Å². The fourth-order valence-electron chi connectivity index (χ4n) is 3.71. The first-order valence-corrected chi connectivity index (χ1v) is 8.97. The van der Waals surface area contributed by atoms with E-state index in [1.807, 2.05) is 13.0 Å². The van der Waals surface area contributed by atoms with Crippen molar-refractivity contribution >= 4 is 11.9 Å². The Morgan fingerprint density at radius 2 is 2.04 bits per heavy atom. The van der Waals surface area contributed by atoms with E-state index >= 15 is 0 Å². The molecule has 0 aromatic carbocycles. The van der Waals surface area contributed by atoms with E-state index in [1.54, 1.807) is 0 Å². The molecule has 0 N–H and O–H groups in total. The summed E-state index contributed by atoms with van der Waals surface area (Å²) in [6.07, 6.45) is 7.33. The molecule has 0 unspecified atom stereocenters. The predicted octanol–water partition coefficient (Wildman–Crippen LogP) is 2.86. The van der Waals surface area contributed by atoms with Gasteiger partial charge in [0.05, 0.1) is 11.6 Å². The summed E-state index contributed by atoms with van der Waals surface area (Å²) in [5.74, 6) is 2.33. The summed E-state index contributed by atoms with van der Waals surface area (Å²) in [4.78, 5) is 23.5. The predicted molar refractivity (Wildman–Crippen MR) is 87.0 cm³/mol. The summed E-state index contributed by atoms with van der Waals surface area (Å²) in [6, 6.07) is 1.92. The quantitative estimate of drug-likeness (QED) is 0.782. The molecule has 1 saturated heterocycles. The standard InChI is InChI=1S/C18H25N3O2/c1-12-9-14(20-18(19-12)21-7-3-2-4-8-21)11-23-17(22)16-10-15(16)13-5-6-13/h9,13,15-16H,2-8,10-11H2,1H3/t15-,16-/m0/s1. The van der Waals surface area contributed by atoms with Crippen LogP contribution in [0.4, 0.5) is 5.95 Å². The molecule has 1 aromatic rings. The van der Waals surface area contributed by atoms with Crippen LogP contribution < -0.4 is 4.90 Å². The zero-order valence-corrected chi connectivity index (χ0v) is 13.8. The Labute approximate surface area is 137 Å². The van der Waals surface area contributed by atoms with Crippen LogP contribution in [0, 0.1) is 24.7 Å². The van der Waals surface area contributed by atoms with Gasteiger partial charge in [0.1, 0.15) is 6.61 Å². The van der Waals surface area contributed by atoms with Crippen LogP contribution in [0.15, 0.2) is 6.07 Å². The van der Waals surface area contributed by atoms with Crippen LogP contribution in [0.3, 0.4) is 0 Å². The van der Waals surface area contributed by atoms with Crippen molar-refractivity contribution in [3.63, 3.8) is 0 Å². The Bertz CT molecular complexity index is 594. The van der Waals surface area contributed by atoms with Crippen LogP contribution in [-0.2, 0) is 16.1 Å². The van der Waals surface area contributed by atoms with Gasteiger partial charge in [-0.15, -0.1) is 0 Å². The Kier molecular flexibility index (Phi) is 3.95. The van der Waals surface area contributed by atoms with Crippen LogP contribution in [0.25, 0.3) is 0 Å². The molecule has 23 heavy (non-hydrogen) atoms. The molecule has 124 valence electrons. The molecule has 3 aliphatic rings. The molecule has 5 heteroatoms. The van der Waals surface area contributed by atoms with Gasteiger partial charge in [0.2, 0.25) is 5.95 Å². The molecule has 0 spiro atoms. The third-order valence-corrected chi connectivity index (χ3v) is 5.27. The van der Waals surface area contributed by atoms with Crippen LogP contribution in [0.1, 0.15) is 49.9 Å². The number of aromatic nitrogens is 2. The molecule has 2 aliphatic carbocycles. The Hall–Kier alpha value is -1.65. The van der Waals surface area contributed by atoms with E-state index < -0.39 is 0 Å². The Morgan fingerprint density at radius 1 is 1.26 bits per heavy atom. The van der Waals surface area contributed by atoms with E-state index in [0.29, 0.717) is 5.92 Å². The number of aryl methyl sites for hydroxylation is 1. The van der Waals surface area contributed by atoms with Crippen molar-refractivity contribution in [3.05, 3.63) is 17.5 Å². The summed E-state index contributed by atoms with van der Waals surface area (Å²) in [5, 5.41) is 0. The number of ether oxygens (including phenoxy) is 1. The molecule has 2 saturated carbocycles. The van der Waals surface area contributed by atoms with E-state index in [0.717, 1.165) is 42.8 Å². The molecule has 1 aliphatic heterocycles. The number of piperidine rings is 1. The van der Waals surface area contributed by atoms with Crippen molar-refractivity contribution in [3.8, 4) is 0 Å². The number of rotatable bonds is 5. The highest BCUT2D eigenvalue weighted by atomic mass is 16.5. The lowest BCUT2D eigenvalue weighted by Gasteiger charge is -2.27. The highest BCUT2D eigenvalue weighted by Crippen LogP contribution is 2.54. The topological polar surface area (TPSA) is 55.3 Å². The van der Waals surface area contributed by atoms with Gasteiger partial charge < -0.3 is 9.64 Å². The first-order chi connectivity index (χ1) is 11.2. The smallest absolute Gasteiger partial charge is 0.309 e. The van der Waals surface area contributed by atoms with E-state index in [4.69, 9.17) is 4.74 Å². The number of hydrogen-bond donors (Lipinski definition) is 0. The third-order valence-electron chi connectivity index (χ3n) is 5.27. The number of carbonyl (C=O) groups excluding carboxylic acids is 1. The maximum Gasteiger partial charge on any atom is 0.309 e. The molecule has 0 radical (unpaired) electrons. The van der Waals surface area contributed by atoms with Crippen molar-refractivity contribution in [2.75, 3.05) is 18.0 Å². The van der Waals surface area contributed by atoms with Gasteiger partial charge in [-0.05, 0) is 63.4 Å². The number of carbonyl (C=O) groups is 1. The lowest BCUT2D eigenvalue weighted by atomic mass is 10.1. The lowest BCUT2D eigenvalue weighted by Crippen LogP contribution is -2.31. The van der Waals surface area contributed by atoms with Crippen LogP contribution in [-0.4, -0.2) is 29.0 Å². The molecule has 2 heterocycles. The molecule has 0 bridgehead atoms. The molecule has 0 amide bonds. The summed E-state index contributed by atoms with van der Waals surface area (Å²) in [7, 11) is 0. The molecular weight excluding hydrogens is 290 g/mol. The van der Waals surface area contributed by atoms with E-state index in [9.17, 15) is 4.79 Å². The summed E-state index contributed by atoms with van der Waals surface area (Å²) in [5.41, 5.74) is 1.75. The first kappa shape index (κ1) is 14.9. The van der Waals surface area contributed by atoms with Crippen molar-refractivity contribution in [2.24, 2.45) is 17.8 Å². The van der Waals surface area contributed by atoms with Crippen molar-refractivity contribution in [2.45, 2.75) is 52.1 Å². The van der Waals surface area contributed by atoms with Gasteiger partial charge in [0.25, 0.3) is 0 Å². The highest BCUT2D eigenvalue weighted by molar-refractivity contribution is 5.75. The Morgan fingerprint density at radius 3 is 2.78 bits per heavy atom. The monoisotopic (exact) mass is 315 g/mol. The zero-order chi connectivity index (χ0) is 15.8. The number of hydrogen-bond acceptors (Lipinski definition) is 5. The number of anilines is 1. The van der Waals surface area contributed by atoms with Crippen LogP contribution >= 0.6 is 0 Å². The van der Waals surface area contributed by atoms with Crippen LogP contribution in [0.2, 0.25) is 0 Å². The van der Waals surface area contributed by atoms with Gasteiger partial charge in [-0.3, -0.25) is 4.79 Å². The summed E-state index contributed by atoms with van der Waals surface area (Å²) >= 11 is 0. The molecule has 1 aromatic heterocycles. The zero-order valence-electron chi connectivity index (χ0n) is 13.8. The third kappa shape index (κ3) is 3.48. The maximum atomic E-state index is 12.1. The van der Waals surface area contributed by atoms with Crippen LogP contribution in [0.5, 0.6) is 0 Å². The fourth-order valence-corrected chi connectivity index (χ4v) is 3.71. The van der Waals surface area contributed by atoms with Crippen molar-refractivity contribution in [1.29, 1.82) is 0 Å². The van der Waals surface area contributed by atoms with E-state index in [1.165, 1.54) is 32.1 Å². The molecule has 3 fully saturated rings. The second-order valence-electron chi connectivity index (χ2n) is 7.30. The van der Waals surface area contributed by atoms with Crippen molar-refractivity contribution < 1.29 is 9.53 Å². The van der Waals surface area contributed by atoms with Gasteiger partial charge in [-0.2, -0.15) is 0 Å². The largest absolute Gasteiger partial charge is 0.459 e. The molecule has 5 nitrogen and oxygen atoms in total. The molecule has 2 atom stereocenters. The Balaban J connectivity index is 1.36. The second-order valence-corrected chi connectivity index (χ2v) is 7.30. The maximum absolute atomic E-state index is 12.1. The number of esters is 1. The van der Waals surface area contributed by atoms with Gasteiger partial charge >= 0.3 is 5.97 Å². The summed E-state index contributed by atoms with van der Waals surface area (Å²) < 4.78 is 5.51. The lowest BCUT2D eigenvalue weighted by molar-refractivity contribution is -0.147. The average Bonchev–Trinajstić information content (AvgIpc) is 3.45. The summed E-state index contributed by atoms with van der Waals surface area (Å²) in [6.45, 7) is 4.29.